The van der Waals surface area contributed by atoms with E-state index in [1.807, 2.05) is 6.92 Å². The Morgan fingerprint density at radius 3 is 3.14 bits per heavy atom. The predicted octanol–water partition coefficient (Wildman–Crippen LogP) is 3.20. The summed E-state index contributed by atoms with van der Waals surface area (Å²) in [5, 5.41) is 11.0. The number of nitrogens with one attached hydrogen (secondary N) is 1. The van der Waals surface area contributed by atoms with Gasteiger partial charge in [-0.2, -0.15) is 0 Å². The van der Waals surface area contributed by atoms with E-state index in [0.717, 1.165) is 18.7 Å². The summed E-state index contributed by atoms with van der Waals surface area (Å²) in [6.07, 6.45) is 4.61. The molecule has 2 N–H and O–H groups in total. The lowest BCUT2D eigenvalue weighted by Gasteiger charge is -2.45. The second-order valence-electron chi connectivity index (χ2n) is 6.94. The fraction of sp³-hybridized carbons (Fsp3) is 0.556. The number of rotatable bonds is 3. The Bertz CT molecular complexity index is 681. The van der Waals surface area contributed by atoms with Crippen molar-refractivity contribution in [3.63, 3.8) is 0 Å². The Balaban J connectivity index is 1.66. The summed E-state index contributed by atoms with van der Waals surface area (Å²) >= 11 is 1.68. The third-order valence-electron chi connectivity index (χ3n) is 5.39. The number of fused-ring (bicyclic) bond motifs is 2. The van der Waals surface area contributed by atoms with Gasteiger partial charge in [0.15, 0.2) is 0 Å². The fourth-order valence-corrected chi connectivity index (χ4v) is 5.24. The molecule has 0 saturated carbocycles. The summed E-state index contributed by atoms with van der Waals surface area (Å²) in [5.74, 6) is 2.35. The van der Waals surface area contributed by atoms with Crippen molar-refractivity contribution in [2.45, 2.75) is 37.2 Å². The third kappa shape index (κ3) is 2.38. The van der Waals surface area contributed by atoms with Gasteiger partial charge in [0.1, 0.15) is 0 Å². The number of hydrogen-bond acceptors (Lipinski definition) is 3. The molecule has 0 amide bonds. The van der Waals surface area contributed by atoms with E-state index in [1.165, 1.54) is 28.5 Å². The molecule has 1 aliphatic heterocycles. The van der Waals surface area contributed by atoms with Gasteiger partial charge < -0.3 is 15.0 Å². The van der Waals surface area contributed by atoms with Crippen molar-refractivity contribution in [1.82, 2.24) is 9.88 Å². The van der Waals surface area contributed by atoms with Crippen LogP contribution in [-0.2, 0) is 6.42 Å². The van der Waals surface area contributed by atoms with Crippen LogP contribution in [0, 0.1) is 5.92 Å². The molecule has 4 atom stereocenters. The highest BCUT2D eigenvalue weighted by molar-refractivity contribution is 7.99. The summed E-state index contributed by atoms with van der Waals surface area (Å²) in [7, 11) is 2.27. The molecule has 2 unspecified atom stereocenters. The second-order valence-corrected chi connectivity index (χ2v) is 8.28. The van der Waals surface area contributed by atoms with E-state index >= 15 is 0 Å². The van der Waals surface area contributed by atoms with Crippen molar-refractivity contribution >= 4 is 22.7 Å². The van der Waals surface area contributed by atoms with E-state index in [4.69, 9.17) is 0 Å². The lowest BCUT2D eigenvalue weighted by atomic mass is 9.73. The minimum atomic E-state index is -0.255. The largest absolute Gasteiger partial charge is 0.383 e. The first-order chi connectivity index (χ1) is 10.6. The quantitative estimate of drug-likeness (QED) is 0.854. The van der Waals surface area contributed by atoms with E-state index < -0.39 is 0 Å². The Labute approximate surface area is 136 Å². The Morgan fingerprint density at radius 2 is 2.32 bits per heavy atom. The minimum absolute atomic E-state index is 0.255. The lowest BCUT2D eigenvalue weighted by molar-refractivity contribution is 0.121. The molecule has 1 aromatic carbocycles. The van der Waals surface area contributed by atoms with Crippen LogP contribution in [0.25, 0.3) is 10.9 Å². The molecule has 1 aromatic heterocycles. The number of nitrogens with zero attached hydrogens (tertiary/aromatic N) is 1. The zero-order valence-corrected chi connectivity index (χ0v) is 14.1. The highest BCUT2D eigenvalue weighted by Gasteiger charge is 2.39. The summed E-state index contributed by atoms with van der Waals surface area (Å²) < 4.78 is 0. The molecule has 0 bridgehead atoms. The highest BCUT2D eigenvalue weighted by Crippen LogP contribution is 2.44. The summed E-state index contributed by atoms with van der Waals surface area (Å²) in [6.45, 7) is 3.02. The summed E-state index contributed by atoms with van der Waals surface area (Å²) in [6, 6.07) is 7.33. The van der Waals surface area contributed by atoms with Crippen LogP contribution in [-0.4, -0.2) is 45.8 Å². The smallest absolute Gasteiger partial charge is 0.0964 e. The SMILES string of the molecule is CC(O)SCC1C[C@@H]2c3cccc4[nH]cc(c34)C[C@H]2N(C)C1. The zero-order valence-electron chi connectivity index (χ0n) is 13.2. The molecule has 1 fully saturated rings. The predicted molar refractivity (Wildman–Crippen MR) is 93.4 cm³/mol. The maximum Gasteiger partial charge on any atom is 0.0964 e. The Morgan fingerprint density at radius 1 is 1.45 bits per heavy atom. The number of likely N-dealkylation sites (tertiary alicyclic amines) is 1. The van der Waals surface area contributed by atoms with Crippen LogP contribution < -0.4 is 0 Å². The summed E-state index contributed by atoms with van der Waals surface area (Å²) in [4.78, 5) is 5.99. The number of H-pyrrole nitrogens is 1. The van der Waals surface area contributed by atoms with Gasteiger partial charge in [-0.05, 0) is 55.7 Å². The van der Waals surface area contributed by atoms with Gasteiger partial charge in [-0.3, -0.25) is 0 Å². The van der Waals surface area contributed by atoms with Gasteiger partial charge in [0.25, 0.3) is 0 Å². The minimum Gasteiger partial charge on any atom is -0.383 e. The third-order valence-corrected chi connectivity index (χ3v) is 6.53. The highest BCUT2D eigenvalue weighted by atomic mass is 32.2. The van der Waals surface area contributed by atoms with Crippen molar-refractivity contribution in [3.05, 3.63) is 35.5 Å². The van der Waals surface area contributed by atoms with Gasteiger partial charge in [-0.25, -0.2) is 0 Å². The van der Waals surface area contributed by atoms with Crippen molar-refractivity contribution in [2.75, 3.05) is 19.3 Å². The average Bonchev–Trinajstić information content (AvgIpc) is 2.91. The molecular formula is C18H24N2OS. The zero-order chi connectivity index (χ0) is 15.3. The van der Waals surface area contributed by atoms with Crippen molar-refractivity contribution in [2.24, 2.45) is 5.92 Å². The van der Waals surface area contributed by atoms with Crippen LogP contribution in [0.1, 0.15) is 30.4 Å². The first-order valence-electron chi connectivity index (χ1n) is 8.22. The molecule has 4 heteroatoms. The average molecular weight is 316 g/mol. The number of aromatic nitrogens is 1. The molecule has 118 valence electrons. The molecule has 2 heterocycles. The summed E-state index contributed by atoms with van der Waals surface area (Å²) in [5.41, 5.74) is 4.04. The number of aromatic amines is 1. The molecule has 2 aromatic rings. The van der Waals surface area contributed by atoms with Gasteiger partial charge in [0, 0.05) is 35.6 Å². The van der Waals surface area contributed by atoms with Crippen molar-refractivity contribution in [1.29, 1.82) is 0 Å². The number of thioether (sulfide) groups is 1. The topological polar surface area (TPSA) is 39.3 Å². The Kier molecular flexibility index (Phi) is 3.71. The van der Waals surface area contributed by atoms with Crippen LogP contribution in [0.4, 0.5) is 0 Å². The van der Waals surface area contributed by atoms with Crippen LogP contribution in [0.2, 0.25) is 0 Å². The van der Waals surface area contributed by atoms with E-state index in [0.29, 0.717) is 17.9 Å². The van der Waals surface area contributed by atoms with Crippen molar-refractivity contribution in [3.8, 4) is 0 Å². The number of benzene rings is 1. The molecule has 1 aliphatic carbocycles. The van der Waals surface area contributed by atoms with Gasteiger partial charge in [0.2, 0.25) is 0 Å². The van der Waals surface area contributed by atoms with Gasteiger partial charge >= 0.3 is 0 Å². The van der Waals surface area contributed by atoms with Crippen LogP contribution >= 0.6 is 11.8 Å². The number of hydrogen-bond donors (Lipinski definition) is 2. The second kappa shape index (κ2) is 5.59. The lowest BCUT2D eigenvalue weighted by Crippen LogP contribution is -2.48. The molecule has 2 aliphatic rings. The molecule has 3 nitrogen and oxygen atoms in total. The maximum absolute atomic E-state index is 9.55. The van der Waals surface area contributed by atoms with E-state index in [2.05, 4.69) is 41.3 Å². The fourth-order valence-electron chi connectivity index (χ4n) is 4.45. The molecule has 4 rings (SSSR count). The molecule has 0 radical (unpaired) electrons. The molecule has 22 heavy (non-hydrogen) atoms. The number of aliphatic hydroxyl groups excluding tert-OH is 1. The van der Waals surface area contributed by atoms with Gasteiger partial charge in [0.05, 0.1) is 5.44 Å². The van der Waals surface area contributed by atoms with Crippen LogP contribution in [0.3, 0.4) is 0 Å². The van der Waals surface area contributed by atoms with Crippen molar-refractivity contribution < 1.29 is 5.11 Å². The number of aliphatic hydroxyl groups is 1. The van der Waals surface area contributed by atoms with Gasteiger partial charge in [-0.1, -0.05) is 12.1 Å². The monoisotopic (exact) mass is 316 g/mol. The van der Waals surface area contributed by atoms with Crippen LogP contribution in [0.15, 0.2) is 24.4 Å². The van der Waals surface area contributed by atoms with E-state index in [9.17, 15) is 5.11 Å². The van der Waals surface area contributed by atoms with E-state index in [1.54, 1.807) is 11.8 Å². The first kappa shape index (κ1) is 14.6. The number of piperidine rings is 1. The first-order valence-corrected chi connectivity index (χ1v) is 9.27. The molecule has 0 spiro atoms. The van der Waals surface area contributed by atoms with Gasteiger partial charge in [-0.15, -0.1) is 11.8 Å². The number of likely N-dealkylation sites (N-methyl/N-ethyl adjacent to an activating group) is 1. The van der Waals surface area contributed by atoms with Crippen LogP contribution in [0.5, 0.6) is 0 Å². The van der Waals surface area contributed by atoms with E-state index in [-0.39, 0.29) is 5.44 Å². The Hall–Kier alpha value is -0.970. The maximum atomic E-state index is 9.55. The molecular weight excluding hydrogens is 292 g/mol. The standard InChI is InChI=1S/C18H24N2OS/c1-11(21)22-10-12-6-15-14-4-3-5-16-18(14)13(8-19-16)7-17(15)20(2)9-12/h3-5,8,11-12,15,17,19,21H,6-7,9-10H2,1-2H3/t11?,12?,15-,17-/m1/s1. The molecule has 1 saturated heterocycles. The normalized spacial score (nSPS) is 29.5.